The van der Waals surface area contributed by atoms with Crippen molar-refractivity contribution in [2.45, 2.75) is 29.0 Å². The van der Waals surface area contributed by atoms with Crippen LogP contribution < -0.4 is 5.73 Å². The van der Waals surface area contributed by atoms with Gasteiger partial charge in [0.2, 0.25) is 14.7 Å². The maximum Gasteiger partial charge on any atom is 0.207 e. The van der Waals surface area contributed by atoms with Gasteiger partial charge in [0.1, 0.15) is 11.7 Å². The van der Waals surface area contributed by atoms with Gasteiger partial charge in [0, 0.05) is 6.54 Å². The molecule has 1 aromatic carbocycles. The average Bonchev–Trinajstić information content (AvgIpc) is 2.39. The number of nitrogens with one attached hydrogen (secondary N) is 1. The minimum Gasteiger partial charge on any atom is -0.385 e. The standard InChI is InChI=1S/C12H16FN3O3S/c13-9-3-5-10(6-4-9)20(18,19)12(11(14)15)7-1-2-8-16(12)17/h3-6,17H,1-2,7-8H2,(H3,14,15). The van der Waals surface area contributed by atoms with Crippen LogP contribution in [-0.4, -0.2) is 35.9 Å². The predicted octanol–water partition coefficient (Wildman–Crippen LogP) is 1.11. The molecular weight excluding hydrogens is 285 g/mol. The van der Waals surface area contributed by atoms with E-state index in [-0.39, 0.29) is 17.9 Å². The highest BCUT2D eigenvalue weighted by molar-refractivity contribution is 7.93. The largest absolute Gasteiger partial charge is 0.385 e. The third-order valence-electron chi connectivity index (χ3n) is 3.54. The molecule has 4 N–H and O–H groups in total. The fourth-order valence-electron chi connectivity index (χ4n) is 2.44. The smallest absolute Gasteiger partial charge is 0.207 e. The van der Waals surface area contributed by atoms with Crippen LogP contribution in [0, 0.1) is 11.2 Å². The number of amidine groups is 1. The van der Waals surface area contributed by atoms with Crippen LogP contribution in [0.3, 0.4) is 0 Å². The Bertz CT molecular complexity index is 617. The summed E-state index contributed by atoms with van der Waals surface area (Å²) in [6.07, 6.45) is 1.17. The quantitative estimate of drug-likeness (QED) is 0.440. The zero-order chi connectivity index (χ0) is 15.0. The van der Waals surface area contributed by atoms with E-state index >= 15 is 0 Å². The number of hydrogen-bond donors (Lipinski definition) is 3. The average molecular weight is 301 g/mol. The first-order chi connectivity index (χ1) is 9.32. The number of hydrogen-bond acceptors (Lipinski definition) is 5. The SMILES string of the molecule is N=C(N)C1(S(=O)(=O)c2ccc(F)cc2)CCCCN1O. The van der Waals surface area contributed by atoms with E-state index in [4.69, 9.17) is 11.1 Å². The molecule has 2 rings (SSSR count). The Labute approximate surface area is 116 Å². The van der Waals surface area contributed by atoms with Crippen LogP contribution in [0.2, 0.25) is 0 Å². The Morgan fingerprint density at radius 1 is 1.35 bits per heavy atom. The molecule has 1 aliphatic heterocycles. The number of sulfone groups is 1. The van der Waals surface area contributed by atoms with Crippen molar-refractivity contribution in [3.63, 3.8) is 0 Å². The molecular formula is C12H16FN3O3S. The molecule has 0 aliphatic carbocycles. The van der Waals surface area contributed by atoms with Gasteiger partial charge in [-0.2, -0.15) is 5.06 Å². The van der Waals surface area contributed by atoms with Crippen LogP contribution in [0.5, 0.6) is 0 Å². The highest BCUT2D eigenvalue weighted by Crippen LogP contribution is 2.36. The number of hydroxylamine groups is 2. The van der Waals surface area contributed by atoms with E-state index in [0.717, 1.165) is 24.3 Å². The second-order valence-electron chi connectivity index (χ2n) is 4.74. The molecule has 1 unspecified atom stereocenters. The van der Waals surface area contributed by atoms with Gasteiger partial charge in [0.15, 0.2) is 0 Å². The van der Waals surface area contributed by atoms with Crippen LogP contribution in [0.1, 0.15) is 19.3 Å². The monoisotopic (exact) mass is 301 g/mol. The maximum absolute atomic E-state index is 12.9. The van der Waals surface area contributed by atoms with Gasteiger partial charge in [-0.05, 0) is 43.5 Å². The first-order valence-corrected chi connectivity index (χ1v) is 7.62. The van der Waals surface area contributed by atoms with Gasteiger partial charge in [-0.3, -0.25) is 5.41 Å². The highest BCUT2D eigenvalue weighted by Gasteiger charge is 2.53. The Hall–Kier alpha value is -1.51. The lowest BCUT2D eigenvalue weighted by Gasteiger charge is -2.41. The molecule has 1 aromatic rings. The second kappa shape index (κ2) is 5.12. The molecule has 8 heteroatoms. The lowest BCUT2D eigenvalue weighted by atomic mass is 10.0. The topological polar surface area (TPSA) is 107 Å². The summed E-state index contributed by atoms with van der Waals surface area (Å²) in [6, 6.07) is 4.26. The number of rotatable bonds is 3. The van der Waals surface area contributed by atoms with E-state index in [0.29, 0.717) is 17.9 Å². The molecule has 0 amide bonds. The Morgan fingerprint density at radius 2 is 1.95 bits per heavy atom. The van der Waals surface area contributed by atoms with Gasteiger partial charge in [-0.15, -0.1) is 0 Å². The fraction of sp³-hybridized carbons (Fsp3) is 0.417. The Kier molecular flexibility index (Phi) is 3.81. The number of halogens is 1. The Morgan fingerprint density at radius 3 is 2.45 bits per heavy atom. The van der Waals surface area contributed by atoms with Crippen molar-refractivity contribution < 1.29 is 18.0 Å². The molecule has 0 saturated carbocycles. The molecule has 1 aliphatic rings. The summed E-state index contributed by atoms with van der Waals surface area (Å²) < 4.78 is 38.4. The van der Waals surface area contributed by atoms with Crippen molar-refractivity contribution in [3.8, 4) is 0 Å². The minimum absolute atomic E-state index is 0.0263. The molecule has 1 atom stereocenters. The van der Waals surface area contributed by atoms with Gasteiger partial charge < -0.3 is 10.9 Å². The van der Waals surface area contributed by atoms with Gasteiger partial charge in [0.05, 0.1) is 4.90 Å². The van der Waals surface area contributed by atoms with Gasteiger partial charge in [-0.1, -0.05) is 0 Å². The summed E-state index contributed by atoms with van der Waals surface area (Å²) in [5.74, 6) is -1.20. The Balaban J connectivity index is 2.58. The van der Waals surface area contributed by atoms with Crippen molar-refractivity contribution in [3.05, 3.63) is 30.1 Å². The molecule has 1 fully saturated rings. The van der Waals surface area contributed by atoms with Gasteiger partial charge in [-0.25, -0.2) is 12.8 Å². The predicted molar refractivity (Wildman–Crippen MR) is 70.6 cm³/mol. The third kappa shape index (κ3) is 2.09. The van der Waals surface area contributed by atoms with E-state index in [9.17, 15) is 18.0 Å². The zero-order valence-electron chi connectivity index (χ0n) is 10.7. The van der Waals surface area contributed by atoms with Crippen LogP contribution >= 0.6 is 0 Å². The van der Waals surface area contributed by atoms with E-state index in [1.54, 1.807) is 0 Å². The molecule has 110 valence electrons. The molecule has 1 saturated heterocycles. The van der Waals surface area contributed by atoms with Crippen molar-refractivity contribution in [2.75, 3.05) is 6.54 Å². The van der Waals surface area contributed by atoms with Crippen LogP contribution in [-0.2, 0) is 9.84 Å². The first kappa shape index (κ1) is 14.9. The molecule has 0 spiro atoms. The molecule has 0 aromatic heterocycles. The summed E-state index contributed by atoms with van der Waals surface area (Å²) in [5, 5.41) is 18.2. The number of piperidine rings is 1. The summed E-state index contributed by atoms with van der Waals surface area (Å²) in [6.45, 7) is 0.111. The van der Waals surface area contributed by atoms with Crippen molar-refractivity contribution in [1.82, 2.24) is 5.06 Å². The number of benzene rings is 1. The minimum atomic E-state index is -4.13. The van der Waals surface area contributed by atoms with E-state index in [1.807, 2.05) is 0 Å². The van der Waals surface area contributed by atoms with Crippen LogP contribution in [0.25, 0.3) is 0 Å². The van der Waals surface area contributed by atoms with Crippen LogP contribution in [0.4, 0.5) is 4.39 Å². The molecule has 20 heavy (non-hydrogen) atoms. The summed E-state index contributed by atoms with van der Waals surface area (Å²) in [4.78, 5) is -2.14. The van der Waals surface area contributed by atoms with Crippen LogP contribution in [0.15, 0.2) is 29.2 Å². The van der Waals surface area contributed by atoms with Crippen molar-refractivity contribution in [1.29, 1.82) is 5.41 Å². The first-order valence-electron chi connectivity index (χ1n) is 6.13. The molecule has 6 nitrogen and oxygen atoms in total. The normalized spacial score (nSPS) is 24.5. The van der Waals surface area contributed by atoms with E-state index < -0.39 is 26.4 Å². The summed E-state index contributed by atoms with van der Waals surface area (Å²) in [5.41, 5.74) is 5.47. The van der Waals surface area contributed by atoms with Gasteiger partial charge >= 0.3 is 0 Å². The lowest BCUT2D eigenvalue weighted by molar-refractivity contribution is -0.137. The molecule has 0 radical (unpaired) electrons. The molecule has 0 bridgehead atoms. The summed E-state index contributed by atoms with van der Waals surface area (Å²) in [7, 11) is -4.13. The van der Waals surface area contributed by atoms with E-state index in [1.165, 1.54) is 0 Å². The van der Waals surface area contributed by atoms with E-state index in [2.05, 4.69) is 0 Å². The zero-order valence-corrected chi connectivity index (χ0v) is 11.5. The highest BCUT2D eigenvalue weighted by atomic mass is 32.2. The third-order valence-corrected chi connectivity index (χ3v) is 5.96. The number of nitrogens with two attached hydrogens (primary N) is 1. The second-order valence-corrected chi connectivity index (χ2v) is 6.89. The van der Waals surface area contributed by atoms with Crippen molar-refractivity contribution >= 4 is 15.7 Å². The maximum atomic E-state index is 12.9. The number of nitrogens with zero attached hydrogens (tertiary/aromatic N) is 1. The fourth-order valence-corrected chi connectivity index (χ4v) is 4.39. The van der Waals surface area contributed by atoms with Crippen molar-refractivity contribution in [2.24, 2.45) is 5.73 Å². The molecule has 1 heterocycles. The summed E-state index contributed by atoms with van der Waals surface area (Å²) >= 11 is 0. The lowest BCUT2D eigenvalue weighted by Crippen LogP contribution is -2.62. The van der Waals surface area contributed by atoms with Gasteiger partial charge in [0.25, 0.3) is 0 Å².